The van der Waals surface area contributed by atoms with Gasteiger partial charge in [0.15, 0.2) is 9.76 Å². The lowest BCUT2D eigenvalue weighted by Crippen LogP contribution is -2.62. The van der Waals surface area contributed by atoms with Gasteiger partial charge in [-0.2, -0.15) is 0 Å². The van der Waals surface area contributed by atoms with Gasteiger partial charge >= 0.3 is 0 Å². The Morgan fingerprint density at radius 2 is 1.89 bits per heavy atom. The van der Waals surface area contributed by atoms with Crippen molar-refractivity contribution in [3.8, 4) is 0 Å². The van der Waals surface area contributed by atoms with E-state index in [1.54, 1.807) is 0 Å². The summed E-state index contributed by atoms with van der Waals surface area (Å²) in [7, 11) is -0.740. The summed E-state index contributed by atoms with van der Waals surface area (Å²) in [6.45, 7) is 11.3. The summed E-state index contributed by atoms with van der Waals surface area (Å²) in [4.78, 5) is 12.2. The van der Waals surface area contributed by atoms with Gasteiger partial charge in [0.1, 0.15) is 3.53 Å². The molecule has 0 radical (unpaired) electrons. The van der Waals surface area contributed by atoms with Crippen molar-refractivity contribution >= 4 is 65.0 Å². The van der Waals surface area contributed by atoms with Crippen molar-refractivity contribution in [1.82, 2.24) is 9.62 Å². The fourth-order valence-corrected chi connectivity index (χ4v) is 7.80. The third kappa shape index (κ3) is 8.61. The zero-order valence-corrected chi connectivity index (χ0v) is 22.6. The first-order chi connectivity index (χ1) is 12.7. The number of β-lactam (4-membered cyclic amide) rings is 1. The molecule has 1 N–H and O–H groups in total. The van der Waals surface area contributed by atoms with Crippen LogP contribution in [-0.2, 0) is 19.2 Å². The normalized spacial score (nSPS) is 21.2. The molecule has 0 aliphatic carbocycles. The van der Waals surface area contributed by atoms with Gasteiger partial charge in [-0.25, -0.2) is 12.7 Å². The molecule has 0 spiro atoms. The molecule has 0 saturated carbocycles. The van der Waals surface area contributed by atoms with E-state index in [0.29, 0.717) is 18.8 Å². The first-order valence-electron chi connectivity index (χ1n) is 9.27. The van der Waals surface area contributed by atoms with Gasteiger partial charge in [-0.3, -0.25) is 4.79 Å². The smallest absolute Gasteiger partial charge is 0.227 e. The molecule has 1 rings (SSSR count). The first-order valence-corrected chi connectivity index (χ1v) is 14.4. The van der Waals surface area contributed by atoms with Gasteiger partial charge in [0.25, 0.3) is 0 Å². The largest absolute Gasteiger partial charge is 0.423 e. The number of amides is 1. The molecule has 1 aliphatic heterocycles. The molecule has 1 fully saturated rings. The predicted octanol–water partition coefficient (Wildman–Crippen LogP) is 2.44. The topological polar surface area (TPSA) is 75.7 Å². The highest BCUT2D eigenvalue weighted by atomic mass is 32.2. The van der Waals surface area contributed by atoms with Crippen LogP contribution in [0.1, 0.15) is 41.0 Å². The second-order valence-electron chi connectivity index (χ2n) is 9.12. The van der Waals surface area contributed by atoms with Gasteiger partial charge in [-0.05, 0) is 11.5 Å². The zero-order valence-electron chi connectivity index (χ0n) is 17.9. The number of carbonyl (C=O) groups excluding carboxylic acids is 1. The molecule has 164 valence electrons. The van der Waals surface area contributed by atoms with Crippen LogP contribution >= 0.6 is 35.7 Å². The lowest BCUT2D eigenvalue weighted by molar-refractivity contribution is -0.138. The van der Waals surface area contributed by atoms with E-state index in [9.17, 15) is 13.2 Å². The summed E-state index contributed by atoms with van der Waals surface area (Å²) in [6.07, 6.45) is 0.545. The minimum Gasteiger partial charge on any atom is -0.423 e. The standard InChI is InChI=1S/C17H34N2O4S4Si/c1-16(2,3)28-23-11-17(4,5)12-13(20)18-14(12)26-15(24)25-9-8-10-27(21,22)19(6)7/h12,14H,8-11,28H2,1-7H3,(H,18,20). The van der Waals surface area contributed by atoms with E-state index >= 15 is 0 Å². The first kappa shape index (κ1) is 26.4. The maximum atomic E-state index is 12.2. The highest BCUT2D eigenvalue weighted by Crippen LogP contribution is 2.41. The molecule has 2 atom stereocenters. The molecular weight excluding hydrogens is 453 g/mol. The second-order valence-corrected chi connectivity index (χ2v) is 17.7. The summed E-state index contributed by atoms with van der Waals surface area (Å²) < 4.78 is 31.5. The van der Waals surface area contributed by atoms with Gasteiger partial charge < -0.3 is 9.74 Å². The average Bonchev–Trinajstić information content (AvgIpc) is 2.48. The third-order valence-electron chi connectivity index (χ3n) is 4.27. The van der Waals surface area contributed by atoms with Crippen molar-refractivity contribution in [3.05, 3.63) is 0 Å². The summed E-state index contributed by atoms with van der Waals surface area (Å²) in [5.74, 6) is 0.673. The van der Waals surface area contributed by atoms with E-state index in [-0.39, 0.29) is 33.4 Å². The minimum absolute atomic E-state index is 0.0482. The number of hydrogen-bond donors (Lipinski definition) is 1. The van der Waals surface area contributed by atoms with E-state index in [1.807, 2.05) is 0 Å². The lowest BCUT2D eigenvalue weighted by Gasteiger charge is -2.45. The molecule has 0 aromatic heterocycles. The van der Waals surface area contributed by atoms with Crippen molar-refractivity contribution < 1.29 is 17.6 Å². The van der Waals surface area contributed by atoms with Crippen LogP contribution in [0.5, 0.6) is 0 Å². The predicted molar refractivity (Wildman–Crippen MR) is 128 cm³/mol. The molecule has 1 heterocycles. The summed E-state index contributed by atoms with van der Waals surface area (Å²) in [6, 6.07) is 0. The van der Waals surface area contributed by atoms with E-state index in [1.165, 1.54) is 41.9 Å². The van der Waals surface area contributed by atoms with E-state index in [2.05, 4.69) is 39.9 Å². The highest BCUT2D eigenvalue weighted by molar-refractivity contribution is 8.47. The molecule has 1 amide bonds. The number of hydrogen-bond acceptors (Lipinski definition) is 7. The maximum Gasteiger partial charge on any atom is 0.227 e. The molecular formula is C17H34N2O4S4Si. The fraction of sp³-hybridized carbons (Fsp3) is 0.882. The van der Waals surface area contributed by atoms with Gasteiger partial charge in [0, 0.05) is 31.9 Å². The second kappa shape index (κ2) is 10.6. The van der Waals surface area contributed by atoms with Crippen LogP contribution in [0.2, 0.25) is 5.04 Å². The fourth-order valence-electron chi connectivity index (χ4n) is 2.64. The van der Waals surface area contributed by atoms with Crippen LogP contribution in [-0.4, -0.2) is 69.5 Å². The van der Waals surface area contributed by atoms with Crippen molar-refractivity contribution in [3.63, 3.8) is 0 Å². The van der Waals surface area contributed by atoms with Gasteiger partial charge in [0.2, 0.25) is 15.9 Å². The van der Waals surface area contributed by atoms with Crippen LogP contribution in [0, 0.1) is 11.3 Å². The molecule has 0 aromatic rings. The van der Waals surface area contributed by atoms with Crippen molar-refractivity contribution in [1.29, 1.82) is 0 Å². The average molecular weight is 487 g/mol. The van der Waals surface area contributed by atoms with Crippen molar-refractivity contribution in [2.45, 2.75) is 51.5 Å². The molecule has 0 bridgehead atoms. The van der Waals surface area contributed by atoms with E-state index in [0.717, 1.165) is 3.53 Å². The Bertz CT molecular complexity index is 663. The Balaban J connectivity index is 2.44. The quantitative estimate of drug-likeness (QED) is 0.220. The van der Waals surface area contributed by atoms with Gasteiger partial charge in [0.05, 0.1) is 17.0 Å². The van der Waals surface area contributed by atoms with E-state index < -0.39 is 19.8 Å². The summed E-state index contributed by atoms with van der Waals surface area (Å²) in [5, 5.41) is 3.12. The number of rotatable bonds is 10. The monoisotopic (exact) mass is 486 g/mol. The third-order valence-corrected chi connectivity index (χ3v) is 10.3. The van der Waals surface area contributed by atoms with Crippen LogP contribution in [0.15, 0.2) is 0 Å². The Labute approximate surface area is 186 Å². The summed E-state index contributed by atoms with van der Waals surface area (Å²) >= 11 is 8.39. The number of nitrogens with zero attached hydrogens (tertiary/aromatic N) is 1. The SMILES string of the molecule is CN(C)S(=O)(=O)CCCSC(=S)SC1NC(=O)C1C(C)(C)CO[SiH2]C(C)(C)C. The molecule has 28 heavy (non-hydrogen) atoms. The van der Waals surface area contributed by atoms with Crippen molar-refractivity contribution in [2.24, 2.45) is 11.3 Å². The zero-order chi connectivity index (χ0) is 21.8. The van der Waals surface area contributed by atoms with Crippen LogP contribution < -0.4 is 5.32 Å². The van der Waals surface area contributed by atoms with Crippen LogP contribution in [0.25, 0.3) is 0 Å². The molecule has 1 aliphatic rings. The number of sulfonamides is 1. The van der Waals surface area contributed by atoms with Crippen LogP contribution in [0.4, 0.5) is 0 Å². The van der Waals surface area contributed by atoms with Gasteiger partial charge in [-0.15, -0.1) is 11.8 Å². The van der Waals surface area contributed by atoms with E-state index in [4.69, 9.17) is 16.6 Å². The highest BCUT2D eigenvalue weighted by Gasteiger charge is 2.49. The Kier molecular flexibility index (Phi) is 9.97. The minimum atomic E-state index is -3.17. The number of thiocarbonyl (C=S) groups is 1. The molecule has 0 aromatic carbocycles. The maximum absolute atomic E-state index is 12.2. The Morgan fingerprint density at radius 3 is 2.39 bits per heavy atom. The lowest BCUT2D eigenvalue weighted by atomic mass is 9.75. The molecule has 6 nitrogen and oxygen atoms in total. The van der Waals surface area contributed by atoms with Crippen molar-refractivity contribution in [2.75, 3.05) is 32.2 Å². The number of carbonyl (C=O) groups is 1. The van der Waals surface area contributed by atoms with Crippen LogP contribution in [0.3, 0.4) is 0 Å². The molecule has 11 heteroatoms. The summed E-state index contributed by atoms with van der Waals surface area (Å²) in [5.41, 5.74) is -0.252. The van der Waals surface area contributed by atoms with Gasteiger partial charge in [-0.1, -0.05) is 58.6 Å². The Morgan fingerprint density at radius 1 is 1.29 bits per heavy atom. The Hall–Kier alpha value is 0.347. The molecule has 1 saturated heterocycles. The number of nitrogens with one attached hydrogen (secondary N) is 1. The number of thioether (sulfide) groups is 2. The molecule has 2 unspecified atom stereocenters.